The molecule has 0 heterocycles. The first-order valence-corrected chi connectivity index (χ1v) is 15.4. The number of methoxy groups -OCH3 is 1. The number of alkyl carbamates (subject to hydrolysis) is 1. The Morgan fingerprint density at radius 3 is 2.00 bits per heavy atom. The van der Waals surface area contributed by atoms with Gasteiger partial charge in [0.2, 0.25) is 11.8 Å². The molecule has 0 aliphatic rings. The van der Waals surface area contributed by atoms with Crippen molar-refractivity contribution in [3.8, 4) is 5.75 Å². The van der Waals surface area contributed by atoms with Gasteiger partial charge in [0.1, 0.15) is 37.1 Å². The van der Waals surface area contributed by atoms with Crippen LogP contribution >= 0.6 is 0 Å². The minimum absolute atomic E-state index is 0.00567. The van der Waals surface area contributed by atoms with E-state index >= 15 is 0 Å². The van der Waals surface area contributed by atoms with Crippen molar-refractivity contribution in [2.45, 2.75) is 71.9 Å². The Kier molecular flexibility index (Phi) is 16.1. The summed E-state index contributed by atoms with van der Waals surface area (Å²) in [6.45, 7) is 6.88. The molecule has 3 atom stereocenters. The Bertz CT molecular complexity index is 1390. The molecular formula is C32H45N7O9. The van der Waals surface area contributed by atoms with Crippen LogP contribution in [-0.2, 0) is 37.1 Å². The molecule has 0 saturated carbocycles. The van der Waals surface area contributed by atoms with Gasteiger partial charge in [0, 0.05) is 6.54 Å². The van der Waals surface area contributed by atoms with Crippen LogP contribution in [0.3, 0.4) is 0 Å². The SMILES string of the molecule is COc1ccc(COC(=O)N[C@@H](CCCN=C(N)N[N+](=O)[O-])C(=O)N[C@H](C(=O)N[C@H](C(=O)OCc2ccccc2)C(C)C)C(C)C)cc1. The quantitative estimate of drug-likeness (QED) is 0.0385. The lowest BCUT2D eigenvalue weighted by molar-refractivity contribution is -0.525. The second-order valence-corrected chi connectivity index (χ2v) is 11.5. The highest BCUT2D eigenvalue weighted by atomic mass is 16.7. The molecule has 0 spiro atoms. The largest absolute Gasteiger partial charge is 0.497 e. The number of aliphatic imine (C=N–C) groups is 1. The van der Waals surface area contributed by atoms with Crippen molar-refractivity contribution in [1.82, 2.24) is 21.4 Å². The molecule has 0 unspecified atom stereocenters. The molecule has 0 saturated heterocycles. The number of ether oxygens (including phenoxy) is 3. The van der Waals surface area contributed by atoms with Gasteiger partial charge in [-0.05, 0) is 47.9 Å². The third kappa shape index (κ3) is 13.9. The Balaban J connectivity index is 2.11. The second kappa shape index (κ2) is 20.0. The number of nitrogens with two attached hydrogens (primary N) is 1. The standard InChI is InChI=1S/C32H45N7O9/c1-20(2)26(29(41)37-27(21(3)4)30(42)47-18-22-10-7-6-8-11-22)36-28(40)25(12-9-17-34-31(33)38-39(44)45)35-32(43)48-19-23-13-15-24(46-5)16-14-23/h6-8,10-11,13-16,20-21,25-27H,9,12,17-19H2,1-5H3,(H,35,43)(H,36,40)(H,37,41)(H3,33,34,38)/t25-,26-,27-/m0/s1. The molecule has 0 aliphatic carbocycles. The first kappa shape index (κ1) is 38.8. The van der Waals surface area contributed by atoms with Gasteiger partial charge in [0.05, 0.1) is 7.11 Å². The third-order valence-corrected chi connectivity index (χ3v) is 6.97. The van der Waals surface area contributed by atoms with E-state index in [1.54, 1.807) is 57.4 Å². The van der Waals surface area contributed by atoms with Crippen LogP contribution in [0.5, 0.6) is 5.75 Å². The van der Waals surface area contributed by atoms with Crippen LogP contribution in [0, 0.1) is 22.0 Å². The van der Waals surface area contributed by atoms with Crippen LogP contribution in [0.1, 0.15) is 51.7 Å². The zero-order chi connectivity index (χ0) is 35.6. The smallest absolute Gasteiger partial charge is 0.408 e. The maximum absolute atomic E-state index is 13.5. The highest BCUT2D eigenvalue weighted by molar-refractivity contribution is 5.93. The van der Waals surface area contributed by atoms with Crippen LogP contribution in [0.15, 0.2) is 59.6 Å². The number of rotatable bonds is 18. The monoisotopic (exact) mass is 671 g/mol. The van der Waals surface area contributed by atoms with E-state index in [1.807, 2.05) is 30.3 Å². The minimum Gasteiger partial charge on any atom is -0.497 e. The summed E-state index contributed by atoms with van der Waals surface area (Å²) in [4.78, 5) is 67.0. The fraction of sp³-hybridized carbons (Fsp3) is 0.469. The van der Waals surface area contributed by atoms with Gasteiger partial charge in [-0.3, -0.25) is 9.59 Å². The zero-order valence-electron chi connectivity index (χ0n) is 27.8. The molecule has 0 bridgehead atoms. The summed E-state index contributed by atoms with van der Waals surface area (Å²) >= 11 is 0. The maximum Gasteiger partial charge on any atom is 0.408 e. The van der Waals surface area contributed by atoms with E-state index in [0.717, 1.165) is 5.56 Å². The van der Waals surface area contributed by atoms with E-state index in [1.165, 1.54) is 7.11 Å². The van der Waals surface area contributed by atoms with Crippen LogP contribution < -0.4 is 31.8 Å². The average Bonchev–Trinajstić information content (AvgIpc) is 3.05. The predicted octanol–water partition coefficient (Wildman–Crippen LogP) is 2.19. The number of hydrogen-bond acceptors (Lipinski definition) is 10. The van der Waals surface area contributed by atoms with E-state index in [-0.39, 0.29) is 38.5 Å². The molecule has 262 valence electrons. The molecule has 2 aromatic rings. The molecule has 2 rings (SSSR count). The van der Waals surface area contributed by atoms with E-state index in [4.69, 9.17) is 19.9 Å². The number of carbonyl (C=O) groups excluding carboxylic acids is 4. The zero-order valence-corrected chi connectivity index (χ0v) is 27.8. The Labute approximate surface area is 279 Å². The van der Waals surface area contributed by atoms with Crippen molar-refractivity contribution in [3.63, 3.8) is 0 Å². The lowest BCUT2D eigenvalue weighted by Gasteiger charge is -2.28. The maximum atomic E-state index is 13.5. The fourth-order valence-electron chi connectivity index (χ4n) is 4.30. The lowest BCUT2D eigenvalue weighted by atomic mass is 9.99. The average molecular weight is 672 g/mol. The molecule has 0 aromatic heterocycles. The van der Waals surface area contributed by atoms with Gasteiger partial charge >= 0.3 is 12.1 Å². The van der Waals surface area contributed by atoms with Gasteiger partial charge in [-0.15, -0.1) is 0 Å². The van der Waals surface area contributed by atoms with Crippen LogP contribution in [0.25, 0.3) is 0 Å². The van der Waals surface area contributed by atoms with Crippen LogP contribution in [0.4, 0.5) is 4.79 Å². The summed E-state index contributed by atoms with van der Waals surface area (Å²) in [5.41, 5.74) is 8.63. The van der Waals surface area contributed by atoms with Gasteiger partial charge in [0.15, 0.2) is 5.03 Å². The van der Waals surface area contributed by atoms with Gasteiger partial charge in [-0.1, -0.05) is 75.6 Å². The van der Waals surface area contributed by atoms with Gasteiger partial charge < -0.3 is 35.9 Å². The number of carbonyl (C=O) groups is 4. The minimum atomic E-state index is -1.18. The van der Waals surface area contributed by atoms with Crippen molar-refractivity contribution in [1.29, 1.82) is 0 Å². The number of nitrogens with zero attached hydrogens (tertiary/aromatic N) is 2. The first-order valence-electron chi connectivity index (χ1n) is 15.4. The molecule has 3 amide bonds. The van der Waals surface area contributed by atoms with Crippen molar-refractivity contribution >= 4 is 29.8 Å². The van der Waals surface area contributed by atoms with Gasteiger partial charge in [-0.25, -0.2) is 24.7 Å². The van der Waals surface area contributed by atoms with Crippen molar-refractivity contribution in [2.24, 2.45) is 22.6 Å². The normalized spacial score (nSPS) is 13.1. The number of nitro groups is 1. The van der Waals surface area contributed by atoms with Gasteiger partial charge in [-0.2, -0.15) is 0 Å². The fourth-order valence-corrected chi connectivity index (χ4v) is 4.30. The summed E-state index contributed by atoms with van der Waals surface area (Å²) in [6.07, 6.45) is -0.695. The number of amides is 3. The summed E-state index contributed by atoms with van der Waals surface area (Å²) in [7, 11) is 1.53. The molecule has 0 radical (unpaired) electrons. The number of nitrogens with one attached hydrogen (secondary N) is 4. The summed E-state index contributed by atoms with van der Waals surface area (Å²) < 4.78 is 15.9. The number of benzene rings is 2. The molecule has 48 heavy (non-hydrogen) atoms. The highest BCUT2D eigenvalue weighted by Crippen LogP contribution is 2.13. The van der Waals surface area contributed by atoms with E-state index < -0.39 is 58.9 Å². The van der Waals surface area contributed by atoms with E-state index in [0.29, 0.717) is 11.3 Å². The summed E-state index contributed by atoms with van der Waals surface area (Å²) in [5, 5.41) is 17.6. The summed E-state index contributed by atoms with van der Waals surface area (Å²) in [6, 6.07) is 12.7. The van der Waals surface area contributed by atoms with E-state index in [9.17, 15) is 29.3 Å². The van der Waals surface area contributed by atoms with E-state index in [2.05, 4.69) is 20.9 Å². The topological polar surface area (TPSA) is 226 Å². The van der Waals surface area contributed by atoms with Crippen molar-refractivity contribution in [2.75, 3.05) is 13.7 Å². The Morgan fingerprint density at radius 1 is 0.833 bits per heavy atom. The molecule has 16 heteroatoms. The van der Waals surface area contributed by atoms with Crippen LogP contribution in [0.2, 0.25) is 0 Å². The number of esters is 1. The van der Waals surface area contributed by atoms with Crippen molar-refractivity contribution < 1.29 is 38.4 Å². The number of hydrogen-bond donors (Lipinski definition) is 5. The van der Waals surface area contributed by atoms with Gasteiger partial charge in [0.25, 0.3) is 5.96 Å². The molecule has 2 aromatic carbocycles. The first-order chi connectivity index (χ1) is 22.8. The molecule has 16 nitrogen and oxygen atoms in total. The highest BCUT2D eigenvalue weighted by Gasteiger charge is 2.33. The third-order valence-electron chi connectivity index (χ3n) is 6.97. The Hall–Kier alpha value is -5.41. The second-order valence-electron chi connectivity index (χ2n) is 11.5. The Morgan fingerprint density at radius 2 is 1.42 bits per heavy atom. The number of hydrazine groups is 1. The summed E-state index contributed by atoms with van der Waals surface area (Å²) in [5.74, 6) is -2.47. The predicted molar refractivity (Wildman–Crippen MR) is 176 cm³/mol. The molecule has 0 aliphatic heterocycles. The van der Waals surface area contributed by atoms with Crippen LogP contribution in [-0.4, -0.2) is 66.6 Å². The lowest BCUT2D eigenvalue weighted by Crippen LogP contribution is -2.58. The molecule has 0 fully saturated rings. The molecular weight excluding hydrogens is 626 g/mol. The number of guanidine groups is 1. The van der Waals surface area contributed by atoms with Crippen molar-refractivity contribution in [3.05, 3.63) is 75.8 Å². The molecule has 6 N–H and O–H groups in total.